The summed E-state index contributed by atoms with van der Waals surface area (Å²) in [5, 5.41) is 90.4. The molecule has 0 saturated carbocycles. The predicted octanol–water partition coefficient (Wildman–Crippen LogP) is 10.5. The van der Waals surface area contributed by atoms with E-state index in [1.807, 2.05) is 0 Å². The van der Waals surface area contributed by atoms with Gasteiger partial charge >= 0.3 is 0 Å². The molecule has 7 rings (SSSR count). The van der Waals surface area contributed by atoms with Gasteiger partial charge in [-0.05, 0) is 55.8 Å². The Bertz CT molecular complexity index is 3140. The smallest absolute Gasteiger partial charge is 0.297 e. The fraction of sp³-hybridized carbons (Fsp3) is 0.143. The van der Waals surface area contributed by atoms with Gasteiger partial charge in [-0.15, -0.1) is 49.6 Å². The molecule has 0 bridgehead atoms. The number of thioether (sulfide) groups is 1. The highest BCUT2D eigenvalue weighted by Crippen LogP contribution is 2.48. The fourth-order valence-electron chi connectivity index (χ4n) is 6.00. The second-order valence-corrected chi connectivity index (χ2v) is 17.6. The number of methoxy groups -OCH3 is 1. The molecule has 0 saturated heterocycles. The maximum absolute atomic E-state index is 13.0. The Morgan fingerprint density at radius 1 is 0.873 bits per heavy atom. The van der Waals surface area contributed by atoms with Crippen LogP contribution >= 0.6 is 47.2 Å². The van der Waals surface area contributed by atoms with Crippen LogP contribution in [0.3, 0.4) is 0 Å². The molecule has 63 heavy (non-hydrogen) atoms. The number of nitriles is 1. The summed E-state index contributed by atoms with van der Waals surface area (Å²) in [4.78, 5) is 3.48. The van der Waals surface area contributed by atoms with Crippen LogP contribution in [-0.4, -0.2) is 71.9 Å². The number of nitrogens with zero attached hydrogens (tertiary/aromatic N) is 11. The normalized spacial score (nSPS) is 12.3. The summed E-state index contributed by atoms with van der Waals surface area (Å²) in [5.74, 6) is 0.201. The summed E-state index contributed by atoms with van der Waals surface area (Å²) in [6, 6.07) is 15.6. The van der Waals surface area contributed by atoms with Crippen molar-refractivity contribution in [3.05, 3.63) is 71.3 Å². The lowest BCUT2D eigenvalue weighted by Gasteiger charge is -2.13. The zero-order valence-corrected chi connectivity index (χ0v) is 36.2. The third-order valence-electron chi connectivity index (χ3n) is 8.75. The summed E-state index contributed by atoms with van der Waals surface area (Å²) < 4.78 is 53.0. The van der Waals surface area contributed by atoms with Gasteiger partial charge in [-0.3, -0.25) is 8.95 Å². The van der Waals surface area contributed by atoms with Crippen LogP contribution < -0.4 is 4.74 Å². The third kappa shape index (κ3) is 9.54. The first-order valence-corrected chi connectivity index (χ1v) is 22.3. The minimum Gasteiger partial charge on any atom is -0.505 e. The molecule has 0 spiro atoms. The standard InChI is InChI=1S/C35H27N11O12S5/c1-16-12-24(26(54-3)14-23(16)39-43-34-44-45-35(61-34)59-10-11-60-57-55-49)40-42-29-27(62-58-56-50)13-19-18(30(29)47)8-9-22(31(19)63(51,52)53)38-41-28-17(2)20(15-36)32-37-21-6-4-5-7-25(21)46(32)33(28)48/h4-9,12-14,47-50H,10-11H2,1-3H3,(H,51,52,53). The molecule has 0 aliphatic carbocycles. The van der Waals surface area contributed by atoms with E-state index in [1.165, 1.54) is 53.7 Å². The Hall–Kier alpha value is -5.94. The molecule has 3 heterocycles. The van der Waals surface area contributed by atoms with Crippen LogP contribution in [0.1, 0.15) is 16.7 Å². The number of pyridine rings is 1. The zero-order chi connectivity index (χ0) is 44.8. The van der Waals surface area contributed by atoms with Crippen molar-refractivity contribution in [2.75, 3.05) is 18.6 Å². The van der Waals surface area contributed by atoms with Gasteiger partial charge in [-0.25, -0.2) is 15.5 Å². The van der Waals surface area contributed by atoms with Crippen molar-refractivity contribution < 1.29 is 57.2 Å². The third-order valence-corrected chi connectivity index (χ3v) is 13.0. The van der Waals surface area contributed by atoms with Crippen LogP contribution in [0.2, 0.25) is 0 Å². The number of aromatic nitrogens is 4. The SMILES string of the molecule is COc1cc(N=Nc2nnc(SCCSOOO)s2)c(C)cc1N=Nc1c(SOOO)cc2c(S(=O)(=O)O)c(N=Nc3c(C)c(C#N)c4nc5ccccc5n4c3O)ccc2c1O. The van der Waals surface area contributed by atoms with Gasteiger partial charge < -0.3 is 14.9 Å². The van der Waals surface area contributed by atoms with E-state index in [2.05, 4.69) is 70.7 Å². The molecule has 0 amide bonds. The molecule has 4 aromatic carbocycles. The van der Waals surface area contributed by atoms with Gasteiger partial charge in [-0.2, -0.15) is 13.7 Å². The summed E-state index contributed by atoms with van der Waals surface area (Å²) >= 11 is 3.82. The monoisotopic (exact) mass is 953 g/mol. The van der Waals surface area contributed by atoms with E-state index in [9.17, 15) is 28.4 Å². The molecule has 5 N–H and O–H groups in total. The first kappa shape index (κ1) is 45.1. The molecule has 23 nitrogen and oxygen atoms in total. The van der Waals surface area contributed by atoms with E-state index in [0.717, 1.165) is 24.2 Å². The Morgan fingerprint density at radius 2 is 1.62 bits per heavy atom. The Labute approximate surface area is 370 Å². The molecule has 0 unspecified atom stereocenters. The second-order valence-electron chi connectivity index (χ2n) is 12.4. The molecule has 7 aromatic rings. The quantitative estimate of drug-likeness (QED) is 0.0108. The van der Waals surface area contributed by atoms with E-state index in [0.29, 0.717) is 50.2 Å². The number of fused-ring (bicyclic) bond motifs is 4. The van der Waals surface area contributed by atoms with Crippen molar-refractivity contribution in [3.8, 4) is 23.4 Å². The van der Waals surface area contributed by atoms with Gasteiger partial charge in [0.05, 0.1) is 40.8 Å². The van der Waals surface area contributed by atoms with Gasteiger partial charge in [0, 0.05) is 46.0 Å². The molecule has 0 aliphatic heterocycles. The number of aryl methyl sites for hydroxylation is 1. The molecule has 0 fully saturated rings. The maximum atomic E-state index is 13.0. The van der Waals surface area contributed by atoms with Crippen LogP contribution in [0.25, 0.3) is 27.5 Å². The lowest BCUT2D eigenvalue weighted by molar-refractivity contribution is -0.432. The number of hydrogen-bond acceptors (Lipinski definition) is 25. The topological polar surface area (TPSA) is 322 Å². The number of para-hydroxylation sites is 2. The van der Waals surface area contributed by atoms with Crippen molar-refractivity contribution in [1.29, 1.82) is 5.26 Å². The number of ether oxygens (including phenoxy) is 1. The summed E-state index contributed by atoms with van der Waals surface area (Å²) in [6.07, 6.45) is 0. The Balaban J connectivity index is 1.24. The number of imidazole rings is 1. The predicted molar refractivity (Wildman–Crippen MR) is 228 cm³/mol. The number of benzene rings is 4. The number of rotatable bonds is 17. The van der Waals surface area contributed by atoms with Crippen LogP contribution in [0.4, 0.5) is 33.6 Å². The molecule has 28 heteroatoms. The lowest BCUT2D eigenvalue weighted by atomic mass is 10.1. The average Bonchev–Trinajstić information content (AvgIpc) is 3.89. The minimum atomic E-state index is -5.16. The minimum absolute atomic E-state index is 0.0736. The zero-order valence-electron chi connectivity index (χ0n) is 32.2. The van der Waals surface area contributed by atoms with Crippen LogP contribution in [0, 0.1) is 25.2 Å². The van der Waals surface area contributed by atoms with E-state index in [-0.39, 0.29) is 60.4 Å². The largest absolute Gasteiger partial charge is 0.505 e. The van der Waals surface area contributed by atoms with Gasteiger partial charge in [0.15, 0.2) is 21.4 Å². The van der Waals surface area contributed by atoms with Crippen LogP contribution in [0.15, 0.2) is 99.4 Å². The summed E-state index contributed by atoms with van der Waals surface area (Å²) in [7, 11) is -3.78. The van der Waals surface area contributed by atoms with Crippen molar-refractivity contribution in [1.82, 2.24) is 19.6 Å². The highest BCUT2D eigenvalue weighted by molar-refractivity contribution is 8.02. The van der Waals surface area contributed by atoms with Crippen molar-refractivity contribution in [2.45, 2.75) is 28.0 Å². The Morgan fingerprint density at radius 3 is 2.37 bits per heavy atom. The van der Waals surface area contributed by atoms with Gasteiger partial charge in [0.1, 0.15) is 39.3 Å². The van der Waals surface area contributed by atoms with Crippen molar-refractivity contribution >= 4 is 118 Å². The van der Waals surface area contributed by atoms with Gasteiger partial charge in [0.2, 0.25) is 5.88 Å². The van der Waals surface area contributed by atoms with E-state index >= 15 is 0 Å². The van der Waals surface area contributed by atoms with Crippen molar-refractivity contribution in [3.63, 3.8) is 0 Å². The Kier molecular flexibility index (Phi) is 14.0. The lowest BCUT2D eigenvalue weighted by Crippen LogP contribution is -2.00. The van der Waals surface area contributed by atoms with Crippen LogP contribution in [0.5, 0.6) is 17.4 Å². The molecule has 0 aliphatic rings. The van der Waals surface area contributed by atoms with Crippen LogP contribution in [-0.2, 0) is 28.9 Å². The highest BCUT2D eigenvalue weighted by atomic mass is 32.2. The number of phenolic OH excluding ortho intramolecular Hbond substituents is 1. The fourth-order valence-corrected chi connectivity index (χ4v) is 9.41. The van der Waals surface area contributed by atoms with Gasteiger partial charge in [-0.1, -0.05) is 45.3 Å². The average molecular weight is 954 g/mol. The number of hydrogen-bond donors (Lipinski definition) is 5. The number of azo groups is 3. The van der Waals surface area contributed by atoms with E-state index < -0.39 is 32.3 Å². The molecular weight excluding hydrogens is 927 g/mol. The molecule has 0 radical (unpaired) electrons. The summed E-state index contributed by atoms with van der Waals surface area (Å²) in [5.41, 5.74) is 1.60. The number of aromatic hydroxyl groups is 2. The van der Waals surface area contributed by atoms with Crippen molar-refractivity contribution in [2.24, 2.45) is 30.7 Å². The highest BCUT2D eigenvalue weighted by Gasteiger charge is 2.26. The molecule has 3 aromatic heterocycles. The van der Waals surface area contributed by atoms with E-state index in [1.54, 1.807) is 37.3 Å². The van der Waals surface area contributed by atoms with Gasteiger partial charge in [0.25, 0.3) is 15.2 Å². The number of phenols is 1. The molecule has 324 valence electrons. The second kappa shape index (κ2) is 19.6. The summed E-state index contributed by atoms with van der Waals surface area (Å²) in [6.45, 7) is 3.23. The van der Waals surface area contributed by atoms with E-state index in [4.69, 9.17) is 15.3 Å². The molecular formula is C35H27N11O12S5. The molecule has 0 atom stereocenters. The maximum Gasteiger partial charge on any atom is 0.297 e. The first-order valence-electron chi connectivity index (χ1n) is 17.4. The first-order chi connectivity index (χ1) is 30.4.